The van der Waals surface area contributed by atoms with Crippen molar-refractivity contribution in [2.75, 3.05) is 18.0 Å². The monoisotopic (exact) mass is 290 g/mol. The van der Waals surface area contributed by atoms with Gasteiger partial charge in [0.15, 0.2) is 0 Å². The van der Waals surface area contributed by atoms with Gasteiger partial charge in [-0.1, -0.05) is 20.3 Å². The van der Waals surface area contributed by atoms with Gasteiger partial charge >= 0.3 is 12.0 Å². The van der Waals surface area contributed by atoms with Gasteiger partial charge in [-0.05, 0) is 42.5 Å². The molecule has 0 fully saturated rings. The maximum absolute atomic E-state index is 12.3. The molecule has 1 aliphatic heterocycles. The molecule has 1 aromatic rings. The molecule has 0 saturated carbocycles. The molecule has 2 rings (SSSR count). The van der Waals surface area contributed by atoms with Crippen LogP contribution in [0.15, 0.2) is 18.2 Å². The van der Waals surface area contributed by atoms with E-state index in [1.54, 1.807) is 23.1 Å². The second-order valence-corrected chi connectivity index (χ2v) is 5.60. The van der Waals surface area contributed by atoms with Crippen molar-refractivity contribution in [2.24, 2.45) is 5.92 Å². The molecule has 0 aliphatic carbocycles. The number of amides is 2. The number of rotatable bonds is 4. The zero-order valence-electron chi connectivity index (χ0n) is 12.6. The lowest BCUT2D eigenvalue weighted by atomic mass is 9.99. The van der Waals surface area contributed by atoms with Gasteiger partial charge in [0.1, 0.15) is 0 Å². The summed E-state index contributed by atoms with van der Waals surface area (Å²) < 4.78 is 0. The Morgan fingerprint density at radius 1 is 1.43 bits per heavy atom. The zero-order valence-corrected chi connectivity index (χ0v) is 12.6. The van der Waals surface area contributed by atoms with Crippen LogP contribution in [0.2, 0.25) is 0 Å². The molecule has 2 amide bonds. The van der Waals surface area contributed by atoms with E-state index in [0.29, 0.717) is 19.0 Å². The lowest BCUT2D eigenvalue weighted by Crippen LogP contribution is -2.44. The first-order valence-electron chi connectivity index (χ1n) is 7.44. The fourth-order valence-electron chi connectivity index (χ4n) is 2.44. The number of aryl methyl sites for hydroxylation is 1. The second-order valence-electron chi connectivity index (χ2n) is 5.60. The van der Waals surface area contributed by atoms with E-state index in [1.807, 2.05) is 0 Å². The lowest BCUT2D eigenvalue weighted by molar-refractivity contribution is 0.0696. The Balaban J connectivity index is 2.14. The van der Waals surface area contributed by atoms with Crippen LogP contribution < -0.4 is 10.2 Å². The van der Waals surface area contributed by atoms with Gasteiger partial charge in [0.05, 0.1) is 5.56 Å². The lowest BCUT2D eigenvalue weighted by Gasteiger charge is -2.30. The topological polar surface area (TPSA) is 69.6 Å². The number of benzene rings is 1. The summed E-state index contributed by atoms with van der Waals surface area (Å²) in [5.74, 6) is -0.483. The van der Waals surface area contributed by atoms with E-state index >= 15 is 0 Å². The molecule has 0 saturated heterocycles. The minimum Gasteiger partial charge on any atom is -0.478 e. The van der Waals surface area contributed by atoms with E-state index in [1.165, 1.54) is 0 Å². The van der Waals surface area contributed by atoms with Crippen molar-refractivity contribution in [3.05, 3.63) is 29.3 Å². The number of carboxylic acids is 1. The smallest absolute Gasteiger partial charge is 0.335 e. The van der Waals surface area contributed by atoms with Crippen LogP contribution in [0.1, 0.15) is 42.6 Å². The number of hydrogen-bond donors (Lipinski definition) is 2. The summed E-state index contributed by atoms with van der Waals surface area (Å²) in [6.45, 7) is 5.53. The molecule has 0 spiro atoms. The van der Waals surface area contributed by atoms with E-state index in [9.17, 15) is 9.59 Å². The number of anilines is 1. The van der Waals surface area contributed by atoms with Crippen LogP contribution in [0.5, 0.6) is 0 Å². The Hall–Kier alpha value is -2.04. The maximum atomic E-state index is 12.3. The number of aromatic carboxylic acids is 1. The molecule has 1 aliphatic rings. The number of hydrogen-bond acceptors (Lipinski definition) is 2. The van der Waals surface area contributed by atoms with Crippen molar-refractivity contribution in [1.82, 2.24) is 5.32 Å². The van der Waals surface area contributed by atoms with Crippen molar-refractivity contribution < 1.29 is 14.7 Å². The molecular formula is C16H22N2O3. The summed E-state index contributed by atoms with van der Waals surface area (Å²) in [6.07, 6.45) is 2.69. The first kappa shape index (κ1) is 15.4. The Kier molecular flexibility index (Phi) is 4.83. The fourth-order valence-corrected chi connectivity index (χ4v) is 2.44. The van der Waals surface area contributed by atoms with Gasteiger partial charge in [-0.25, -0.2) is 9.59 Å². The van der Waals surface area contributed by atoms with E-state index in [-0.39, 0.29) is 11.6 Å². The summed E-state index contributed by atoms with van der Waals surface area (Å²) in [7, 11) is 0. The van der Waals surface area contributed by atoms with Crippen LogP contribution >= 0.6 is 0 Å². The summed E-state index contributed by atoms with van der Waals surface area (Å²) >= 11 is 0. The molecule has 0 bridgehead atoms. The van der Waals surface area contributed by atoms with Crippen molar-refractivity contribution in [3.8, 4) is 0 Å². The SMILES string of the molecule is CCC(C)CNC(=O)N1CCCc2cc(C(=O)O)ccc21. The standard InChI is InChI=1S/C16H22N2O3/c1-3-11(2)10-17-16(21)18-8-4-5-12-9-13(15(19)20)6-7-14(12)18/h6-7,9,11H,3-5,8,10H2,1-2H3,(H,17,21)(H,19,20). The van der Waals surface area contributed by atoms with E-state index in [2.05, 4.69) is 19.2 Å². The molecule has 0 radical (unpaired) electrons. The van der Waals surface area contributed by atoms with Gasteiger partial charge in [-0.15, -0.1) is 0 Å². The van der Waals surface area contributed by atoms with Crippen molar-refractivity contribution in [3.63, 3.8) is 0 Å². The number of nitrogens with one attached hydrogen (secondary N) is 1. The van der Waals surface area contributed by atoms with Crippen LogP contribution in [-0.4, -0.2) is 30.2 Å². The quantitative estimate of drug-likeness (QED) is 0.895. The minimum absolute atomic E-state index is 0.0978. The number of carbonyl (C=O) groups excluding carboxylic acids is 1. The highest BCUT2D eigenvalue weighted by Gasteiger charge is 2.23. The highest BCUT2D eigenvalue weighted by molar-refractivity contribution is 5.95. The van der Waals surface area contributed by atoms with Gasteiger partial charge in [-0.2, -0.15) is 0 Å². The Morgan fingerprint density at radius 3 is 2.86 bits per heavy atom. The van der Waals surface area contributed by atoms with E-state index in [0.717, 1.165) is 30.5 Å². The molecule has 1 aromatic carbocycles. The Morgan fingerprint density at radius 2 is 2.19 bits per heavy atom. The molecule has 114 valence electrons. The van der Waals surface area contributed by atoms with Gasteiger partial charge in [-0.3, -0.25) is 4.90 Å². The summed E-state index contributed by atoms with van der Waals surface area (Å²) in [4.78, 5) is 25.0. The minimum atomic E-state index is -0.934. The molecule has 1 atom stereocenters. The normalized spacial score (nSPS) is 15.2. The molecule has 5 heteroatoms. The van der Waals surface area contributed by atoms with Gasteiger partial charge in [0.2, 0.25) is 0 Å². The zero-order chi connectivity index (χ0) is 15.4. The molecular weight excluding hydrogens is 268 g/mol. The summed E-state index contributed by atoms with van der Waals surface area (Å²) in [5.41, 5.74) is 2.03. The largest absolute Gasteiger partial charge is 0.478 e. The first-order valence-corrected chi connectivity index (χ1v) is 7.44. The number of fused-ring (bicyclic) bond motifs is 1. The number of urea groups is 1. The molecule has 2 N–H and O–H groups in total. The first-order chi connectivity index (χ1) is 10.0. The third-order valence-electron chi connectivity index (χ3n) is 3.99. The third kappa shape index (κ3) is 3.54. The van der Waals surface area contributed by atoms with Gasteiger partial charge in [0, 0.05) is 18.8 Å². The molecule has 1 heterocycles. The van der Waals surface area contributed by atoms with Crippen LogP contribution in [-0.2, 0) is 6.42 Å². The molecule has 5 nitrogen and oxygen atoms in total. The maximum Gasteiger partial charge on any atom is 0.335 e. The van der Waals surface area contributed by atoms with Crippen molar-refractivity contribution in [1.29, 1.82) is 0 Å². The van der Waals surface area contributed by atoms with Gasteiger partial charge in [0.25, 0.3) is 0 Å². The van der Waals surface area contributed by atoms with E-state index in [4.69, 9.17) is 5.11 Å². The Bertz CT molecular complexity index is 542. The Labute approximate surface area is 125 Å². The predicted molar refractivity (Wildman–Crippen MR) is 81.9 cm³/mol. The highest BCUT2D eigenvalue weighted by Crippen LogP contribution is 2.28. The molecule has 21 heavy (non-hydrogen) atoms. The predicted octanol–water partition coefficient (Wildman–Crippen LogP) is 2.89. The van der Waals surface area contributed by atoms with Crippen LogP contribution in [0.4, 0.5) is 10.5 Å². The number of nitrogens with zero attached hydrogens (tertiary/aromatic N) is 1. The average molecular weight is 290 g/mol. The third-order valence-corrected chi connectivity index (χ3v) is 3.99. The van der Waals surface area contributed by atoms with Gasteiger partial charge < -0.3 is 10.4 Å². The molecule has 0 aromatic heterocycles. The van der Waals surface area contributed by atoms with Crippen LogP contribution in [0.3, 0.4) is 0 Å². The molecule has 1 unspecified atom stereocenters. The summed E-state index contributed by atoms with van der Waals surface area (Å²) in [6, 6.07) is 4.87. The van der Waals surface area contributed by atoms with Crippen molar-refractivity contribution >= 4 is 17.7 Å². The fraction of sp³-hybridized carbons (Fsp3) is 0.500. The highest BCUT2D eigenvalue weighted by atomic mass is 16.4. The number of carbonyl (C=O) groups is 2. The van der Waals surface area contributed by atoms with Crippen LogP contribution in [0, 0.1) is 5.92 Å². The second kappa shape index (κ2) is 6.61. The number of carboxylic acid groups (broad SMARTS) is 1. The van der Waals surface area contributed by atoms with E-state index < -0.39 is 5.97 Å². The average Bonchev–Trinajstić information content (AvgIpc) is 2.50. The summed E-state index contributed by atoms with van der Waals surface area (Å²) in [5, 5.41) is 12.0. The van der Waals surface area contributed by atoms with Crippen molar-refractivity contribution in [2.45, 2.75) is 33.1 Å². The van der Waals surface area contributed by atoms with Crippen LogP contribution in [0.25, 0.3) is 0 Å².